The lowest BCUT2D eigenvalue weighted by atomic mass is 9.84. The minimum absolute atomic E-state index is 0.121. The summed E-state index contributed by atoms with van der Waals surface area (Å²) in [7, 11) is 0. The van der Waals surface area contributed by atoms with E-state index in [9.17, 15) is 9.59 Å². The van der Waals surface area contributed by atoms with Crippen molar-refractivity contribution in [3.8, 4) is 11.3 Å². The zero-order valence-corrected chi connectivity index (χ0v) is 11.6. The summed E-state index contributed by atoms with van der Waals surface area (Å²) in [5.41, 5.74) is 3.34. The van der Waals surface area contributed by atoms with E-state index in [1.807, 2.05) is 30.3 Å². The van der Waals surface area contributed by atoms with E-state index in [0.29, 0.717) is 27.9 Å². The second-order valence-electron chi connectivity index (χ2n) is 5.18. The van der Waals surface area contributed by atoms with Gasteiger partial charge in [0.2, 0.25) is 0 Å². The van der Waals surface area contributed by atoms with Gasteiger partial charge in [0, 0.05) is 28.5 Å². The molecule has 0 bridgehead atoms. The first-order valence-electron chi connectivity index (χ1n) is 6.99. The molecule has 0 atom stereocenters. The molecule has 0 saturated carbocycles. The first-order chi connectivity index (χ1) is 10.8. The molecule has 0 amide bonds. The summed E-state index contributed by atoms with van der Waals surface area (Å²) in [6.45, 7) is 0. The van der Waals surface area contributed by atoms with Crippen LogP contribution in [0.15, 0.2) is 66.9 Å². The van der Waals surface area contributed by atoms with Crippen LogP contribution in [0.4, 0.5) is 0 Å². The van der Waals surface area contributed by atoms with Crippen molar-refractivity contribution in [3.05, 3.63) is 89.1 Å². The average Bonchev–Trinajstić information content (AvgIpc) is 2.60. The van der Waals surface area contributed by atoms with Gasteiger partial charge in [-0.15, -0.1) is 0 Å². The molecule has 1 heterocycles. The lowest BCUT2D eigenvalue weighted by molar-refractivity contribution is 0.0979. The molecular formula is C19H11NO2. The maximum absolute atomic E-state index is 12.7. The quantitative estimate of drug-likeness (QED) is 0.537. The van der Waals surface area contributed by atoms with Crippen molar-refractivity contribution in [1.82, 2.24) is 4.98 Å². The van der Waals surface area contributed by atoms with Crippen LogP contribution in [0.3, 0.4) is 0 Å². The third-order valence-electron chi connectivity index (χ3n) is 3.88. The number of ketones is 2. The molecule has 0 aliphatic heterocycles. The molecule has 3 aromatic rings. The van der Waals surface area contributed by atoms with Crippen LogP contribution in [0.1, 0.15) is 31.8 Å². The van der Waals surface area contributed by atoms with E-state index < -0.39 is 0 Å². The van der Waals surface area contributed by atoms with Crippen LogP contribution in [-0.4, -0.2) is 16.6 Å². The van der Waals surface area contributed by atoms with Crippen LogP contribution >= 0.6 is 0 Å². The second kappa shape index (κ2) is 4.74. The molecule has 0 fully saturated rings. The average molecular weight is 285 g/mol. The molecule has 104 valence electrons. The van der Waals surface area contributed by atoms with Gasteiger partial charge in [-0.3, -0.25) is 14.6 Å². The zero-order valence-electron chi connectivity index (χ0n) is 11.6. The maximum atomic E-state index is 12.7. The Bertz CT molecular complexity index is 914. The minimum Gasteiger partial charge on any atom is -0.289 e. The van der Waals surface area contributed by atoms with E-state index >= 15 is 0 Å². The van der Waals surface area contributed by atoms with Gasteiger partial charge in [0.05, 0.1) is 11.3 Å². The molecular weight excluding hydrogens is 274 g/mol. The van der Waals surface area contributed by atoms with Gasteiger partial charge in [0.1, 0.15) is 0 Å². The van der Waals surface area contributed by atoms with Gasteiger partial charge in [0.15, 0.2) is 11.6 Å². The third-order valence-corrected chi connectivity index (χ3v) is 3.88. The molecule has 0 spiro atoms. The predicted molar refractivity (Wildman–Crippen MR) is 83.0 cm³/mol. The van der Waals surface area contributed by atoms with E-state index in [1.54, 1.807) is 30.3 Å². The van der Waals surface area contributed by atoms with Gasteiger partial charge in [-0.2, -0.15) is 0 Å². The Balaban J connectivity index is 1.91. The number of pyridine rings is 1. The molecule has 3 nitrogen and oxygen atoms in total. The van der Waals surface area contributed by atoms with Crippen molar-refractivity contribution >= 4 is 11.6 Å². The Morgan fingerprint density at radius 2 is 1.23 bits per heavy atom. The molecule has 1 aliphatic rings. The third kappa shape index (κ3) is 1.79. The SMILES string of the molecule is O=C1c2ccccc2C(=O)c2cc(-c3ccccc3)ncc21. The van der Waals surface area contributed by atoms with Crippen molar-refractivity contribution in [3.63, 3.8) is 0 Å². The molecule has 2 aromatic carbocycles. The monoisotopic (exact) mass is 285 g/mol. The second-order valence-corrected chi connectivity index (χ2v) is 5.18. The highest BCUT2D eigenvalue weighted by atomic mass is 16.1. The van der Waals surface area contributed by atoms with Crippen molar-refractivity contribution in [2.75, 3.05) is 0 Å². The molecule has 0 radical (unpaired) electrons. The van der Waals surface area contributed by atoms with E-state index in [0.717, 1.165) is 5.56 Å². The largest absolute Gasteiger partial charge is 0.289 e. The molecule has 4 rings (SSSR count). The Morgan fingerprint density at radius 1 is 0.636 bits per heavy atom. The summed E-state index contributed by atoms with van der Waals surface area (Å²) in [5.74, 6) is -0.262. The van der Waals surface area contributed by atoms with Gasteiger partial charge < -0.3 is 0 Å². The number of hydrogen-bond donors (Lipinski definition) is 0. The van der Waals surface area contributed by atoms with Gasteiger partial charge >= 0.3 is 0 Å². The molecule has 0 N–H and O–H groups in total. The molecule has 3 heteroatoms. The van der Waals surface area contributed by atoms with E-state index in [4.69, 9.17) is 0 Å². The number of benzene rings is 2. The van der Waals surface area contributed by atoms with E-state index in [2.05, 4.69) is 4.98 Å². The fraction of sp³-hybridized carbons (Fsp3) is 0. The van der Waals surface area contributed by atoms with Crippen LogP contribution in [-0.2, 0) is 0 Å². The van der Waals surface area contributed by atoms with Crippen LogP contribution < -0.4 is 0 Å². The standard InChI is InChI=1S/C19H11NO2/c21-18-13-8-4-5-9-14(13)19(22)16-11-20-17(10-15(16)18)12-6-2-1-3-7-12/h1-11H. The summed E-state index contributed by atoms with van der Waals surface area (Å²) < 4.78 is 0. The van der Waals surface area contributed by atoms with Crippen LogP contribution in [0.25, 0.3) is 11.3 Å². The van der Waals surface area contributed by atoms with Crippen LogP contribution in [0, 0.1) is 0 Å². The zero-order chi connectivity index (χ0) is 15.1. The van der Waals surface area contributed by atoms with Crippen LogP contribution in [0.5, 0.6) is 0 Å². The number of rotatable bonds is 1. The highest BCUT2D eigenvalue weighted by Crippen LogP contribution is 2.29. The van der Waals surface area contributed by atoms with Crippen molar-refractivity contribution in [2.24, 2.45) is 0 Å². The highest BCUT2D eigenvalue weighted by Gasteiger charge is 2.29. The predicted octanol–water partition coefficient (Wildman–Crippen LogP) is 3.52. The van der Waals surface area contributed by atoms with Gasteiger partial charge in [0.25, 0.3) is 0 Å². The summed E-state index contributed by atoms with van der Waals surface area (Å²) in [6, 6.07) is 18.2. The molecule has 1 aromatic heterocycles. The van der Waals surface area contributed by atoms with Crippen molar-refractivity contribution in [1.29, 1.82) is 0 Å². The molecule has 1 aliphatic carbocycles. The molecule has 0 saturated heterocycles. The normalized spacial score (nSPS) is 12.7. The van der Waals surface area contributed by atoms with Crippen LogP contribution in [0.2, 0.25) is 0 Å². The summed E-state index contributed by atoms with van der Waals surface area (Å²) in [6.07, 6.45) is 1.51. The van der Waals surface area contributed by atoms with Crippen molar-refractivity contribution < 1.29 is 9.59 Å². The van der Waals surface area contributed by atoms with Gasteiger partial charge in [-0.25, -0.2) is 0 Å². The number of carbonyl (C=O) groups is 2. The Morgan fingerprint density at radius 3 is 1.91 bits per heavy atom. The minimum atomic E-state index is -0.141. The lowest BCUT2D eigenvalue weighted by Crippen LogP contribution is -2.21. The topological polar surface area (TPSA) is 47.0 Å². The number of hydrogen-bond acceptors (Lipinski definition) is 3. The number of aromatic nitrogens is 1. The first-order valence-corrected chi connectivity index (χ1v) is 6.99. The smallest absolute Gasteiger partial charge is 0.196 e. The molecule has 22 heavy (non-hydrogen) atoms. The lowest BCUT2D eigenvalue weighted by Gasteiger charge is -2.17. The fourth-order valence-corrected chi connectivity index (χ4v) is 2.76. The Kier molecular flexibility index (Phi) is 2.73. The van der Waals surface area contributed by atoms with E-state index in [1.165, 1.54) is 6.20 Å². The number of carbonyl (C=O) groups excluding carboxylic acids is 2. The van der Waals surface area contributed by atoms with Crippen molar-refractivity contribution in [2.45, 2.75) is 0 Å². The number of nitrogens with zero attached hydrogens (tertiary/aromatic N) is 1. The Hall–Kier alpha value is -3.07. The molecule has 0 unspecified atom stereocenters. The fourth-order valence-electron chi connectivity index (χ4n) is 2.76. The summed E-state index contributed by atoms with van der Waals surface area (Å²) in [5, 5.41) is 0. The first kappa shape index (κ1) is 12.7. The summed E-state index contributed by atoms with van der Waals surface area (Å²) >= 11 is 0. The maximum Gasteiger partial charge on any atom is 0.196 e. The Labute approximate surface area is 127 Å². The summed E-state index contributed by atoms with van der Waals surface area (Å²) in [4.78, 5) is 29.5. The highest BCUT2D eigenvalue weighted by molar-refractivity contribution is 6.28. The van der Waals surface area contributed by atoms with E-state index in [-0.39, 0.29) is 11.6 Å². The van der Waals surface area contributed by atoms with Gasteiger partial charge in [-0.1, -0.05) is 54.6 Å². The van der Waals surface area contributed by atoms with Gasteiger partial charge in [-0.05, 0) is 6.07 Å². The number of fused-ring (bicyclic) bond motifs is 2.